The van der Waals surface area contributed by atoms with Gasteiger partial charge in [0.1, 0.15) is 0 Å². The first kappa shape index (κ1) is 22.1. The molecule has 0 spiro atoms. The molecule has 0 aromatic heterocycles. The minimum atomic E-state index is -0.982. The van der Waals surface area contributed by atoms with Crippen LogP contribution in [0.2, 0.25) is 0 Å². The fourth-order valence-electron chi connectivity index (χ4n) is 2.71. The van der Waals surface area contributed by atoms with E-state index in [1.54, 1.807) is 6.07 Å². The van der Waals surface area contributed by atoms with Gasteiger partial charge in [-0.1, -0.05) is 38.1 Å². The van der Waals surface area contributed by atoms with Crippen LogP contribution in [0.5, 0.6) is 5.75 Å². The minimum absolute atomic E-state index is 0.118. The summed E-state index contributed by atoms with van der Waals surface area (Å²) in [6, 6.07) is 11.9. The number of nitrogens with one attached hydrogen (secondary N) is 1. The smallest absolute Gasteiger partial charge is 0.331 e. The summed E-state index contributed by atoms with van der Waals surface area (Å²) in [5.74, 6) is -1.24. The first-order valence-electron chi connectivity index (χ1n) is 9.47. The van der Waals surface area contributed by atoms with E-state index in [0.29, 0.717) is 11.3 Å². The predicted molar refractivity (Wildman–Crippen MR) is 111 cm³/mol. The zero-order valence-corrected chi connectivity index (χ0v) is 17.1. The van der Waals surface area contributed by atoms with Crippen LogP contribution in [0.25, 0.3) is 6.08 Å². The summed E-state index contributed by atoms with van der Waals surface area (Å²) >= 11 is 0. The van der Waals surface area contributed by atoms with Crippen LogP contribution >= 0.6 is 0 Å². The zero-order chi connectivity index (χ0) is 21.4. The second-order valence-corrected chi connectivity index (χ2v) is 6.69. The third-order valence-electron chi connectivity index (χ3n) is 4.61. The predicted octanol–water partition coefficient (Wildman–Crippen LogP) is 4.93. The van der Waals surface area contributed by atoms with Crippen molar-refractivity contribution in [3.63, 3.8) is 0 Å². The Balaban J connectivity index is 1.97. The third kappa shape index (κ3) is 6.17. The van der Waals surface area contributed by atoms with Crippen LogP contribution in [0.15, 0.2) is 48.5 Å². The molecule has 0 bridgehead atoms. The summed E-state index contributed by atoms with van der Waals surface area (Å²) in [6.07, 6.45) is 2.52. The highest BCUT2D eigenvalue weighted by Crippen LogP contribution is 2.26. The highest BCUT2D eigenvalue weighted by atomic mass is 19.1. The lowest BCUT2D eigenvalue weighted by Gasteiger charge is -2.17. The average molecular weight is 399 g/mol. The minimum Gasteiger partial charge on any atom is -0.494 e. The van der Waals surface area contributed by atoms with Crippen LogP contribution in [-0.4, -0.2) is 25.1 Å². The van der Waals surface area contributed by atoms with Crippen molar-refractivity contribution in [2.45, 2.75) is 39.2 Å². The van der Waals surface area contributed by atoms with E-state index < -0.39 is 23.8 Å². The van der Waals surface area contributed by atoms with Crippen molar-refractivity contribution in [1.29, 1.82) is 0 Å². The van der Waals surface area contributed by atoms with Crippen LogP contribution in [0.4, 0.5) is 10.1 Å². The van der Waals surface area contributed by atoms with E-state index in [-0.39, 0.29) is 11.7 Å². The van der Waals surface area contributed by atoms with E-state index in [2.05, 4.69) is 19.2 Å². The summed E-state index contributed by atoms with van der Waals surface area (Å²) < 4.78 is 23.7. The van der Waals surface area contributed by atoms with Crippen molar-refractivity contribution < 1.29 is 23.5 Å². The second-order valence-electron chi connectivity index (χ2n) is 6.69. The molecule has 1 N–H and O–H groups in total. The standard InChI is InChI=1S/C23H26FNO4/c1-5-15(2)18-8-6-7-9-20(18)25-23(27)16(3)29-22(26)13-11-17-10-12-21(28-4)19(24)14-17/h6-16H,5H2,1-4H3,(H,25,27)/b13-11+/t15-,16+/m0/s1. The molecule has 0 saturated heterocycles. The molecule has 5 nitrogen and oxygen atoms in total. The maximum absolute atomic E-state index is 13.7. The first-order valence-corrected chi connectivity index (χ1v) is 9.47. The van der Waals surface area contributed by atoms with E-state index >= 15 is 0 Å². The SMILES string of the molecule is CC[C@H](C)c1ccccc1NC(=O)[C@@H](C)OC(=O)/C=C/c1ccc(OC)c(F)c1. The van der Waals surface area contributed by atoms with Gasteiger partial charge in [-0.3, -0.25) is 4.79 Å². The summed E-state index contributed by atoms with van der Waals surface area (Å²) in [4.78, 5) is 24.4. The molecule has 6 heteroatoms. The number of carbonyl (C=O) groups excluding carboxylic acids is 2. The lowest BCUT2D eigenvalue weighted by Crippen LogP contribution is -2.29. The monoisotopic (exact) mass is 399 g/mol. The molecule has 2 aromatic rings. The van der Waals surface area contributed by atoms with Gasteiger partial charge >= 0.3 is 5.97 Å². The van der Waals surface area contributed by atoms with Crippen molar-refractivity contribution in [2.24, 2.45) is 0 Å². The fourth-order valence-corrected chi connectivity index (χ4v) is 2.71. The molecule has 0 unspecified atom stereocenters. The molecule has 1 amide bonds. The molecule has 2 rings (SSSR count). The molecule has 0 aliphatic heterocycles. The summed E-state index contributed by atoms with van der Waals surface area (Å²) in [5.41, 5.74) is 2.21. The number of rotatable bonds is 8. The van der Waals surface area contributed by atoms with Gasteiger partial charge in [-0.25, -0.2) is 9.18 Å². The van der Waals surface area contributed by atoms with Gasteiger partial charge < -0.3 is 14.8 Å². The van der Waals surface area contributed by atoms with E-state index in [0.717, 1.165) is 18.1 Å². The number of para-hydroxylation sites is 1. The number of anilines is 1. The quantitative estimate of drug-likeness (QED) is 0.505. The Morgan fingerprint density at radius 2 is 1.90 bits per heavy atom. The van der Waals surface area contributed by atoms with Crippen molar-refractivity contribution in [3.05, 3.63) is 65.5 Å². The largest absolute Gasteiger partial charge is 0.494 e. The molecule has 0 fully saturated rings. The topological polar surface area (TPSA) is 64.6 Å². The van der Waals surface area contributed by atoms with Gasteiger partial charge in [-0.15, -0.1) is 0 Å². The molecule has 0 aliphatic carbocycles. The molecule has 2 aromatic carbocycles. The van der Waals surface area contributed by atoms with E-state index in [4.69, 9.17) is 9.47 Å². The van der Waals surface area contributed by atoms with Gasteiger partial charge in [0.15, 0.2) is 17.7 Å². The number of halogens is 1. The van der Waals surface area contributed by atoms with Gasteiger partial charge in [-0.2, -0.15) is 0 Å². The van der Waals surface area contributed by atoms with Crippen molar-refractivity contribution in [3.8, 4) is 5.75 Å². The van der Waals surface area contributed by atoms with Gasteiger partial charge in [0.2, 0.25) is 0 Å². The van der Waals surface area contributed by atoms with E-state index in [9.17, 15) is 14.0 Å². The number of amides is 1. The van der Waals surface area contributed by atoms with Crippen LogP contribution in [0, 0.1) is 5.82 Å². The lowest BCUT2D eigenvalue weighted by molar-refractivity contribution is -0.148. The summed E-state index contributed by atoms with van der Waals surface area (Å²) in [5, 5.41) is 2.82. The maximum Gasteiger partial charge on any atom is 0.331 e. The van der Waals surface area contributed by atoms with Gasteiger partial charge in [-0.05, 0) is 54.7 Å². The Labute approximate surface area is 170 Å². The molecular formula is C23H26FNO4. The van der Waals surface area contributed by atoms with Crippen molar-refractivity contribution in [1.82, 2.24) is 0 Å². The van der Waals surface area contributed by atoms with Crippen molar-refractivity contribution in [2.75, 3.05) is 12.4 Å². The number of esters is 1. The number of carbonyl (C=O) groups is 2. The van der Waals surface area contributed by atoms with E-state index in [1.807, 2.05) is 24.3 Å². The molecule has 0 heterocycles. The number of benzene rings is 2. The highest BCUT2D eigenvalue weighted by Gasteiger charge is 2.18. The molecule has 0 aliphatic rings. The Morgan fingerprint density at radius 3 is 2.55 bits per heavy atom. The maximum atomic E-state index is 13.7. The lowest BCUT2D eigenvalue weighted by atomic mass is 9.97. The first-order chi connectivity index (χ1) is 13.8. The van der Waals surface area contributed by atoms with E-state index in [1.165, 1.54) is 32.2 Å². The van der Waals surface area contributed by atoms with Crippen LogP contribution in [-0.2, 0) is 14.3 Å². The number of hydrogen-bond donors (Lipinski definition) is 1. The van der Waals surface area contributed by atoms with Crippen LogP contribution < -0.4 is 10.1 Å². The Morgan fingerprint density at radius 1 is 1.17 bits per heavy atom. The number of methoxy groups -OCH3 is 1. The average Bonchev–Trinajstić information content (AvgIpc) is 2.72. The number of ether oxygens (including phenoxy) is 2. The normalized spacial score (nSPS) is 13.0. The van der Waals surface area contributed by atoms with Gasteiger partial charge in [0.25, 0.3) is 5.91 Å². The highest BCUT2D eigenvalue weighted by molar-refractivity contribution is 5.97. The second kappa shape index (κ2) is 10.4. The van der Waals surface area contributed by atoms with Crippen LogP contribution in [0.1, 0.15) is 44.2 Å². The van der Waals surface area contributed by atoms with Gasteiger partial charge in [0.05, 0.1) is 7.11 Å². The molecule has 29 heavy (non-hydrogen) atoms. The Kier molecular flexibility index (Phi) is 7.95. The summed E-state index contributed by atoms with van der Waals surface area (Å²) in [6.45, 7) is 5.66. The molecular weight excluding hydrogens is 373 g/mol. The molecule has 0 radical (unpaired) electrons. The Bertz CT molecular complexity index is 894. The van der Waals surface area contributed by atoms with Gasteiger partial charge in [0, 0.05) is 11.8 Å². The molecule has 0 saturated carbocycles. The molecule has 2 atom stereocenters. The van der Waals surface area contributed by atoms with Crippen LogP contribution in [0.3, 0.4) is 0 Å². The third-order valence-corrected chi connectivity index (χ3v) is 4.61. The zero-order valence-electron chi connectivity index (χ0n) is 17.1. The fraction of sp³-hybridized carbons (Fsp3) is 0.304. The molecule has 154 valence electrons. The number of hydrogen-bond acceptors (Lipinski definition) is 4. The Hall–Kier alpha value is -3.15. The van der Waals surface area contributed by atoms with Crippen molar-refractivity contribution >= 4 is 23.6 Å². The summed E-state index contributed by atoms with van der Waals surface area (Å²) in [7, 11) is 1.37.